The van der Waals surface area contributed by atoms with Crippen molar-refractivity contribution < 1.29 is 35.5 Å². The van der Waals surface area contributed by atoms with Gasteiger partial charge in [-0.3, -0.25) is 14.9 Å². The van der Waals surface area contributed by atoms with E-state index in [4.69, 9.17) is 4.74 Å². The van der Waals surface area contributed by atoms with E-state index >= 15 is 8.78 Å². The maximum atomic E-state index is 15.2. The minimum atomic E-state index is -4.84. The van der Waals surface area contributed by atoms with Crippen LogP contribution in [0.2, 0.25) is 0 Å². The standard InChI is InChI=1S/C33H26F7N5O/c34-23-7-8-27(26(35)13-23)44-24-12-22-16-41-29(14-28(22)42-17-24)31(33(38,39)40)45-11-10-32(36,37)25(18-45)21-6-9-30(43-15-21)46-19-20-4-2-1-3-5-20/h1-9,12-17,25,31,44H,10-11,18-19H2. The molecule has 6 nitrogen and oxygen atoms in total. The lowest BCUT2D eigenvalue weighted by Gasteiger charge is -2.42. The topological polar surface area (TPSA) is 63.2 Å². The van der Waals surface area contributed by atoms with E-state index in [-0.39, 0.29) is 29.3 Å². The maximum absolute atomic E-state index is 15.2. The Balaban J connectivity index is 1.22. The molecule has 2 atom stereocenters. The Morgan fingerprint density at radius 3 is 2.43 bits per heavy atom. The number of aromatic nitrogens is 3. The molecule has 0 spiro atoms. The van der Waals surface area contributed by atoms with Crippen LogP contribution in [0, 0.1) is 11.6 Å². The molecule has 1 aliphatic rings. The van der Waals surface area contributed by atoms with Gasteiger partial charge in [0.15, 0.2) is 0 Å². The molecule has 1 fully saturated rings. The van der Waals surface area contributed by atoms with E-state index in [0.29, 0.717) is 17.1 Å². The minimum Gasteiger partial charge on any atom is -0.473 e. The molecule has 5 aromatic rings. The van der Waals surface area contributed by atoms with E-state index < -0.39 is 60.9 Å². The highest BCUT2D eigenvalue weighted by molar-refractivity contribution is 5.82. The minimum absolute atomic E-state index is 0.0229. The second-order valence-electron chi connectivity index (χ2n) is 11.0. The fourth-order valence-electron chi connectivity index (χ4n) is 5.49. The summed E-state index contributed by atoms with van der Waals surface area (Å²) in [6, 6.07) is 15.5. The summed E-state index contributed by atoms with van der Waals surface area (Å²) in [5.41, 5.74) is 1.02. The van der Waals surface area contributed by atoms with Gasteiger partial charge in [-0.15, -0.1) is 0 Å². The van der Waals surface area contributed by atoms with Crippen molar-refractivity contribution in [1.82, 2.24) is 19.9 Å². The van der Waals surface area contributed by atoms with Crippen LogP contribution >= 0.6 is 0 Å². The molecule has 0 radical (unpaired) electrons. The summed E-state index contributed by atoms with van der Waals surface area (Å²) in [5, 5.41) is 3.09. The van der Waals surface area contributed by atoms with Gasteiger partial charge < -0.3 is 10.1 Å². The monoisotopic (exact) mass is 641 g/mol. The normalized spacial score (nSPS) is 17.5. The van der Waals surface area contributed by atoms with Crippen molar-refractivity contribution >= 4 is 22.3 Å². The molecule has 6 rings (SSSR count). The van der Waals surface area contributed by atoms with Gasteiger partial charge in [-0.05, 0) is 35.4 Å². The summed E-state index contributed by atoms with van der Waals surface area (Å²) in [7, 11) is 0. The lowest BCUT2D eigenvalue weighted by atomic mass is 9.86. The summed E-state index contributed by atoms with van der Waals surface area (Å²) >= 11 is 0. The second kappa shape index (κ2) is 12.5. The number of pyridine rings is 3. The molecule has 1 aliphatic heterocycles. The van der Waals surface area contributed by atoms with Gasteiger partial charge in [0.2, 0.25) is 5.88 Å². The fraction of sp³-hybridized carbons (Fsp3) is 0.242. The highest BCUT2D eigenvalue weighted by Crippen LogP contribution is 2.46. The number of benzene rings is 2. The van der Waals surface area contributed by atoms with E-state index in [1.165, 1.54) is 42.9 Å². The molecule has 4 heterocycles. The first kappa shape index (κ1) is 31.2. The van der Waals surface area contributed by atoms with Crippen molar-refractivity contribution in [2.24, 2.45) is 0 Å². The van der Waals surface area contributed by atoms with Gasteiger partial charge in [-0.25, -0.2) is 22.5 Å². The van der Waals surface area contributed by atoms with Gasteiger partial charge in [0.1, 0.15) is 24.3 Å². The molecular formula is C33H26F7N5O. The number of fused-ring (bicyclic) bond motifs is 1. The Morgan fingerprint density at radius 1 is 0.913 bits per heavy atom. The van der Waals surface area contributed by atoms with E-state index in [1.807, 2.05) is 30.3 Å². The van der Waals surface area contributed by atoms with Crippen LogP contribution in [0.4, 0.5) is 42.1 Å². The van der Waals surface area contributed by atoms with Crippen LogP contribution in [0.3, 0.4) is 0 Å². The Morgan fingerprint density at radius 2 is 1.72 bits per heavy atom. The molecule has 3 aromatic heterocycles. The van der Waals surface area contributed by atoms with Gasteiger partial charge in [0, 0.05) is 49.4 Å². The molecule has 0 saturated carbocycles. The van der Waals surface area contributed by atoms with Gasteiger partial charge in [-0.2, -0.15) is 13.2 Å². The number of hydrogen-bond acceptors (Lipinski definition) is 6. The third-order valence-corrected chi connectivity index (χ3v) is 7.80. The number of anilines is 2. The molecule has 2 unspecified atom stereocenters. The van der Waals surface area contributed by atoms with Crippen LogP contribution in [0.25, 0.3) is 10.9 Å². The number of nitrogens with one attached hydrogen (secondary N) is 1. The summed E-state index contributed by atoms with van der Waals surface area (Å²) in [6.45, 7) is -0.896. The van der Waals surface area contributed by atoms with Crippen LogP contribution in [-0.2, 0) is 6.61 Å². The molecular weight excluding hydrogens is 615 g/mol. The number of halogens is 7. The molecule has 0 amide bonds. The predicted molar refractivity (Wildman–Crippen MR) is 157 cm³/mol. The van der Waals surface area contributed by atoms with E-state index in [2.05, 4.69) is 20.3 Å². The highest BCUT2D eigenvalue weighted by atomic mass is 19.4. The SMILES string of the molecule is Fc1ccc(Nc2cnc3cc(C(N4CCC(F)(F)C(c5ccc(OCc6ccccc6)nc5)C4)C(F)(F)F)ncc3c2)c(F)c1. The number of likely N-dealkylation sites (tertiary alicyclic amines) is 1. The molecule has 13 heteroatoms. The second-order valence-corrected chi connectivity index (χ2v) is 11.0. The molecule has 0 aliphatic carbocycles. The Bertz CT molecular complexity index is 1820. The van der Waals surface area contributed by atoms with Crippen molar-refractivity contribution in [3.05, 3.63) is 120 Å². The lowest BCUT2D eigenvalue weighted by molar-refractivity contribution is -0.201. The Hall–Kier alpha value is -4.78. The highest BCUT2D eigenvalue weighted by Gasteiger charge is 2.52. The number of piperidine rings is 1. The molecule has 1 saturated heterocycles. The van der Waals surface area contributed by atoms with Gasteiger partial charge in [-0.1, -0.05) is 36.4 Å². The summed E-state index contributed by atoms with van der Waals surface area (Å²) in [4.78, 5) is 13.3. The van der Waals surface area contributed by atoms with Crippen molar-refractivity contribution in [1.29, 1.82) is 0 Å². The molecule has 238 valence electrons. The largest absolute Gasteiger partial charge is 0.473 e. The summed E-state index contributed by atoms with van der Waals surface area (Å²) < 4.78 is 107. The van der Waals surface area contributed by atoms with E-state index in [1.54, 1.807) is 0 Å². The van der Waals surface area contributed by atoms with Gasteiger partial charge in [0.05, 0.1) is 34.7 Å². The van der Waals surface area contributed by atoms with Crippen LogP contribution in [0.1, 0.15) is 35.2 Å². The number of alkyl halides is 5. The molecule has 46 heavy (non-hydrogen) atoms. The van der Waals surface area contributed by atoms with Crippen LogP contribution in [-0.4, -0.2) is 45.0 Å². The first-order valence-electron chi connectivity index (χ1n) is 14.3. The zero-order valence-corrected chi connectivity index (χ0v) is 24.0. The first-order valence-corrected chi connectivity index (χ1v) is 14.3. The number of hydrogen-bond donors (Lipinski definition) is 1. The summed E-state index contributed by atoms with van der Waals surface area (Å²) in [6.07, 6.45) is -1.94. The van der Waals surface area contributed by atoms with Crippen molar-refractivity contribution in [2.45, 2.75) is 37.1 Å². The summed E-state index contributed by atoms with van der Waals surface area (Å²) in [5.74, 6) is -6.22. The van der Waals surface area contributed by atoms with Crippen molar-refractivity contribution in [3.63, 3.8) is 0 Å². The van der Waals surface area contributed by atoms with Crippen molar-refractivity contribution in [3.8, 4) is 5.88 Å². The van der Waals surface area contributed by atoms with Gasteiger partial charge >= 0.3 is 6.18 Å². The number of rotatable bonds is 8. The quantitative estimate of drug-likeness (QED) is 0.172. The van der Waals surface area contributed by atoms with Crippen LogP contribution in [0.15, 0.2) is 91.4 Å². The third-order valence-electron chi connectivity index (χ3n) is 7.80. The molecule has 2 aromatic carbocycles. The predicted octanol–water partition coefficient (Wildman–Crippen LogP) is 8.35. The van der Waals surface area contributed by atoms with Crippen LogP contribution < -0.4 is 10.1 Å². The number of nitrogens with zero attached hydrogens (tertiary/aromatic N) is 4. The average molecular weight is 642 g/mol. The molecule has 0 bridgehead atoms. The molecule has 1 N–H and O–H groups in total. The smallest absolute Gasteiger partial charge is 0.409 e. The van der Waals surface area contributed by atoms with Crippen molar-refractivity contribution in [2.75, 3.05) is 18.4 Å². The maximum Gasteiger partial charge on any atom is 0.409 e. The number of ether oxygens (including phenoxy) is 1. The van der Waals surface area contributed by atoms with Crippen LogP contribution in [0.5, 0.6) is 5.88 Å². The fourth-order valence-corrected chi connectivity index (χ4v) is 5.49. The van der Waals surface area contributed by atoms with E-state index in [0.717, 1.165) is 22.6 Å². The van der Waals surface area contributed by atoms with Gasteiger partial charge in [0.25, 0.3) is 5.92 Å². The third kappa shape index (κ3) is 6.89. The Labute approximate surface area is 258 Å². The lowest BCUT2D eigenvalue weighted by Crippen LogP contribution is -2.50. The average Bonchev–Trinajstić information content (AvgIpc) is 3.02. The van der Waals surface area contributed by atoms with E-state index in [9.17, 15) is 22.0 Å². The zero-order valence-electron chi connectivity index (χ0n) is 24.0. The Kier molecular flexibility index (Phi) is 8.51. The zero-order chi connectivity index (χ0) is 32.5. The first-order chi connectivity index (χ1) is 22.0.